The standard InChI is InChI=1S/C14H18BrN3OS/c15-11-7-9(14(17)20)5-6-12(11)18(8-13(16)19)10-3-1-2-4-10/h5-7,10H,1-4,8H2,(H2,16,19)(H2,17,20). The first-order chi connectivity index (χ1) is 9.49. The third-order valence-corrected chi connectivity index (χ3v) is 4.50. The van der Waals surface area contributed by atoms with Crippen molar-refractivity contribution in [3.8, 4) is 0 Å². The third-order valence-electron chi connectivity index (χ3n) is 3.63. The fraction of sp³-hybridized carbons (Fsp3) is 0.429. The van der Waals surface area contributed by atoms with Crippen LogP contribution in [0, 0.1) is 0 Å². The molecule has 0 aromatic heterocycles. The minimum atomic E-state index is -0.317. The SMILES string of the molecule is NC(=O)CN(c1ccc(C(N)=S)cc1Br)C1CCCC1. The highest BCUT2D eigenvalue weighted by Gasteiger charge is 2.25. The minimum Gasteiger partial charge on any atom is -0.389 e. The molecule has 1 aliphatic carbocycles. The number of amides is 1. The van der Waals surface area contributed by atoms with Crippen molar-refractivity contribution in [2.45, 2.75) is 31.7 Å². The third kappa shape index (κ3) is 3.49. The smallest absolute Gasteiger partial charge is 0.236 e. The predicted molar refractivity (Wildman–Crippen MR) is 88.8 cm³/mol. The normalized spacial score (nSPS) is 15.2. The van der Waals surface area contributed by atoms with Gasteiger partial charge in [-0.15, -0.1) is 0 Å². The van der Waals surface area contributed by atoms with Gasteiger partial charge < -0.3 is 16.4 Å². The molecule has 0 spiro atoms. The summed E-state index contributed by atoms with van der Waals surface area (Å²) in [6.07, 6.45) is 4.58. The second kappa shape index (κ2) is 6.54. The minimum absolute atomic E-state index is 0.232. The van der Waals surface area contributed by atoms with Crippen molar-refractivity contribution in [1.29, 1.82) is 0 Å². The van der Waals surface area contributed by atoms with Crippen LogP contribution in [0.4, 0.5) is 5.69 Å². The van der Waals surface area contributed by atoms with Crippen LogP contribution in [0.2, 0.25) is 0 Å². The monoisotopic (exact) mass is 355 g/mol. The summed E-state index contributed by atoms with van der Waals surface area (Å²) in [6.45, 7) is 0.232. The number of halogens is 1. The summed E-state index contributed by atoms with van der Waals surface area (Å²) in [7, 11) is 0. The molecule has 1 amide bonds. The highest BCUT2D eigenvalue weighted by Crippen LogP contribution is 2.33. The van der Waals surface area contributed by atoms with E-state index in [0.717, 1.165) is 28.6 Å². The second-order valence-corrected chi connectivity index (χ2v) is 6.36. The quantitative estimate of drug-likeness (QED) is 0.795. The van der Waals surface area contributed by atoms with E-state index in [9.17, 15) is 4.79 Å². The molecule has 20 heavy (non-hydrogen) atoms. The number of nitrogens with zero attached hydrogens (tertiary/aromatic N) is 1. The van der Waals surface area contributed by atoms with Crippen molar-refractivity contribution in [3.05, 3.63) is 28.2 Å². The van der Waals surface area contributed by atoms with Crippen molar-refractivity contribution >= 4 is 44.7 Å². The predicted octanol–water partition coefficient (Wildman–Crippen LogP) is 2.32. The number of benzene rings is 1. The molecule has 108 valence electrons. The maximum Gasteiger partial charge on any atom is 0.236 e. The van der Waals surface area contributed by atoms with E-state index in [4.69, 9.17) is 23.7 Å². The zero-order valence-electron chi connectivity index (χ0n) is 11.1. The molecule has 0 unspecified atom stereocenters. The van der Waals surface area contributed by atoms with Gasteiger partial charge >= 0.3 is 0 Å². The highest BCUT2D eigenvalue weighted by molar-refractivity contribution is 9.10. The molecule has 0 radical (unpaired) electrons. The molecule has 1 aliphatic rings. The fourth-order valence-corrected chi connectivity index (χ4v) is 3.42. The van der Waals surface area contributed by atoms with Crippen molar-refractivity contribution in [2.75, 3.05) is 11.4 Å². The van der Waals surface area contributed by atoms with Gasteiger partial charge in [-0.25, -0.2) is 0 Å². The molecule has 1 fully saturated rings. The summed E-state index contributed by atoms with van der Waals surface area (Å²) >= 11 is 8.52. The molecular formula is C14H18BrN3OS. The van der Waals surface area contributed by atoms with Gasteiger partial charge in [0.2, 0.25) is 5.91 Å². The molecule has 0 atom stereocenters. The molecule has 2 rings (SSSR count). The molecule has 4 nitrogen and oxygen atoms in total. The second-order valence-electron chi connectivity index (χ2n) is 5.06. The number of nitrogens with two attached hydrogens (primary N) is 2. The topological polar surface area (TPSA) is 72.4 Å². The Hall–Kier alpha value is -1.14. The Morgan fingerprint density at radius 2 is 2.00 bits per heavy atom. The maximum absolute atomic E-state index is 11.4. The summed E-state index contributed by atoms with van der Waals surface area (Å²) in [4.78, 5) is 13.8. The zero-order chi connectivity index (χ0) is 14.7. The van der Waals surface area contributed by atoms with Gasteiger partial charge in [0.05, 0.1) is 12.2 Å². The van der Waals surface area contributed by atoms with Gasteiger partial charge in [-0.2, -0.15) is 0 Å². The number of hydrogen-bond donors (Lipinski definition) is 2. The largest absolute Gasteiger partial charge is 0.389 e. The number of primary amides is 1. The van der Waals surface area contributed by atoms with E-state index in [2.05, 4.69) is 20.8 Å². The molecule has 0 heterocycles. The summed E-state index contributed by atoms with van der Waals surface area (Å²) in [5.41, 5.74) is 12.8. The van der Waals surface area contributed by atoms with Crippen molar-refractivity contribution < 1.29 is 4.79 Å². The van der Waals surface area contributed by atoms with Crippen LogP contribution in [-0.2, 0) is 4.79 Å². The molecular weight excluding hydrogens is 338 g/mol. The maximum atomic E-state index is 11.4. The average molecular weight is 356 g/mol. The van der Waals surface area contributed by atoms with Crippen LogP contribution in [0.5, 0.6) is 0 Å². The number of carbonyl (C=O) groups is 1. The van der Waals surface area contributed by atoms with Crippen LogP contribution in [0.3, 0.4) is 0 Å². The molecule has 1 aromatic rings. The molecule has 6 heteroatoms. The van der Waals surface area contributed by atoms with E-state index in [1.165, 1.54) is 12.8 Å². The lowest BCUT2D eigenvalue weighted by Crippen LogP contribution is -2.40. The Bertz CT molecular complexity index is 529. The molecule has 1 aromatic carbocycles. The van der Waals surface area contributed by atoms with E-state index in [1.807, 2.05) is 18.2 Å². The van der Waals surface area contributed by atoms with E-state index in [0.29, 0.717) is 11.0 Å². The van der Waals surface area contributed by atoms with E-state index < -0.39 is 0 Å². The first-order valence-electron chi connectivity index (χ1n) is 6.63. The van der Waals surface area contributed by atoms with Gasteiger partial charge in [0, 0.05) is 16.1 Å². The Labute approximate surface area is 132 Å². The lowest BCUT2D eigenvalue weighted by Gasteiger charge is -2.31. The number of hydrogen-bond acceptors (Lipinski definition) is 3. The summed E-state index contributed by atoms with van der Waals surface area (Å²) in [5.74, 6) is -0.317. The van der Waals surface area contributed by atoms with Gasteiger partial charge in [-0.05, 0) is 47.0 Å². The van der Waals surface area contributed by atoms with E-state index in [1.54, 1.807) is 0 Å². The number of rotatable bonds is 5. The molecule has 0 aliphatic heterocycles. The molecule has 0 saturated heterocycles. The fourth-order valence-electron chi connectivity index (χ4n) is 2.69. The number of thiocarbonyl (C=S) groups is 1. The molecule has 0 bridgehead atoms. The van der Waals surface area contributed by atoms with Crippen molar-refractivity contribution in [2.24, 2.45) is 11.5 Å². The Morgan fingerprint density at radius 3 is 2.50 bits per heavy atom. The van der Waals surface area contributed by atoms with Crippen molar-refractivity contribution in [3.63, 3.8) is 0 Å². The Balaban J connectivity index is 2.32. The number of anilines is 1. The van der Waals surface area contributed by atoms with Crippen LogP contribution in [-0.4, -0.2) is 23.5 Å². The average Bonchev–Trinajstić information content (AvgIpc) is 2.89. The first-order valence-corrected chi connectivity index (χ1v) is 7.83. The van der Waals surface area contributed by atoms with E-state index in [-0.39, 0.29) is 12.5 Å². The van der Waals surface area contributed by atoms with Crippen LogP contribution >= 0.6 is 28.1 Å². The highest BCUT2D eigenvalue weighted by atomic mass is 79.9. The van der Waals surface area contributed by atoms with Crippen molar-refractivity contribution in [1.82, 2.24) is 0 Å². The molecule has 4 N–H and O–H groups in total. The zero-order valence-corrected chi connectivity index (χ0v) is 13.5. The van der Waals surface area contributed by atoms with Gasteiger partial charge in [-0.1, -0.05) is 25.1 Å². The van der Waals surface area contributed by atoms with E-state index >= 15 is 0 Å². The summed E-state index contributed by atoms with van der Waals surface area (Å²) < 4.78 is 0.885. The Kier molecular flexibility index (Phi) is 4.99. The van der Waals surface area contributed by atoms with Gasteiger partial charge in [0.1, 0.15) is 4.99 Å². The van der Waals surface area contributed by atoms with Crippen LogP contribution in [0.15, 0.2) is 22.7 Å². The first kappa shape index (κ1) is 15.3. The summed E-state index contributed by atoms with van der Waals surface area (Å²) in [5, 5.41) is 0. The van der Waals surface area contributed by atoms with Gasteiger partial charge in [-0.3, -0.25) is 4.79 Å². The van der Waals surface area contributed by atoms with Gasteiger partial charge in [0.25, 0.3) is 0 Å². The van der Waals surface area contributed by atoms with Gasteiger partial charge in [0.15, 0.2) is 0 Å². The molecule has 1 saturated carbocycles. The van der Waals surface area contributed by atoms with Crippen LogP contribution in [0.25, 0.3) is 0 Å². The lowest BCUT2D eigenvalue weighted by molar-refractivity contribution is -0.116. The lowest BCUT2D eigenvalue weighted by atomic mass is 10.1. The summed E-state index contributed by atoms with van der Waals surface area (Å²) in [6, 6.07) is 6.08. The number of carbonyl (C=O) groups excluding carboxylic acids is 1. The van der Waals surface area contributed by atoms with Crippen LogP contribution in [0.1, 0.15) is 31.2 Å². The van der Waals surface area contributed by atoms with Crippen LogP contribution < -0.4 is 16.4 Å². The Morgan fingerprint density at radius 1 is 1.35 bits per heavy atom.